The molecule has 3 aliphatic rings. The number of carbonyl (C=O) groups excluding carboxylic acids is 5. The largest absolute Gasteiger partial charge is 0.496 e. The minimum atomic E-state index is -1.36. The Morgan fingerprint density at radius 1 is 0.862 bits per heavy atom. The number of nitro benzene ring substituents is 1. The lowest BCUT2D eigenvalue weighted by Gasteiger charge is -2.29. The van der Waals surface area contributed by atoms with Gasteiger partial charge in [0.05, 0.1) is 26.3 Å². The fourth-order valence-corrected chi connectivity index (χ4v) is 6.79. The normalized spacial score (nSPS) is 20.1. The lowest BCUT2D eigenvalue weighted by molar-refractivity contribution is -0.385. The van der Waals surface area contributed by atoms with Crippen LogP contribution in [0.25, 0.3) is 11.1 Å². The predicted molar refractivity (Wildman–Crippen MR) is 210 cm³/mol. The predicted octanol–water partition coefficient (Wildman–Crippen LogP) is 4.29. The molecule has 0 spiro atoms. The van der Waals surface area contributed by atoms with Gasteiger partial charge in [-0.15, -0.1) is 0 Å². The van der Waals surface area contributed by atoms with Crippen LogP contribution in [0.5, 0.6) is 23.0 Å². The van der Waals surface area contributed by atoms with Crippen LogP contribution in [-0.2, 0) is 47.9 Å². The van der Waals surface area contributed by atoms with Gasteiger partial charge in [-0.1, -0.05) is 32.4 Å². The number of rotatable bonds is 7. The average molecular weight is 804 g/mol. The third-order valence-electron chi connectivity index (χ3n) is 9.87. The Morgan fingerprint density at radius 3 is 2.19 bits per heavy atom. The van der Waals surface area contributed by atoms with E-state index in [1.807, 2.05) is 6.92 Å². The summed E-state index contributed by atoms with van der Waals surface area (Å²) >= 11 is 0. The number of alkyl carbamates (subject to hydrolysis) is 1. The van der Waals surface area contributed by atoms with Crippen LogP contribution < -0.4 is 35.5 Å². The summed E-state index contributed by atoms with van der Waals surface area (Å²) in [6.07, 6.45) is -0.882. The Morgan fingerprint density at radius 2 is 1.55 bits per heavy atom. The van der Waals surface area contributed by atoms with Crippen LogP contribution in [-0.4, -0.2) is 85.8 Å². The van der Waals surface area contributed by atoms with Crippen LogP contribution in [0.2, 0.25) is 0 Å². The van der Waals surface area contributed by atoms with Gasteiger partial charge < -0.3 is 45.0 Å². The molecule has 0 aliphatic carbocycles. The number of methoxy groups -OCH3 is 3. The van der Waals surface area contributed by atoms with E-state index in [1.54, 1.807) is 58.0 Å². The highest BCUT2D eigenvalue weighted by Crippen LogP contribution is 2.46. The van der Waals surface area contributed by atoms with Crippen LogP contribution in [0.1, 0.15) is 57.7 Å². The molecule has 3 aliphatic heterocycles. The van der Waals surface area contributed by atoms with E-state index in [1.165, 1.54) is 32.4 Å². The number of fused-ring (bicyclic) bond motifs is 9. The molecule has 3 aromatic rings. The number of amides is 4. The van der Waals surface area contributed by atoms with Gasteiger partial charge in [-0.2, -0.15) is 0 Å². The van der Waals surface area contributed by atoms with Crippen LogP contribution in [0, 0.1) is 16.0 Å². The molecule has 0 saturated heterocycles. The van der Waals surface area contributed by atoms with Crippen molar-refractivity contribution in [3.8, 4) is 34.1 Å². The van der Waals surface area contributed by atoms with Crippen molar-refractivity contribution in [1.29, 1.82) is 0 Å². The summed E-state index contributed by atoms with van der Waals surface area (Å²) < 4.78 is 28.5. The van der Waals surface area contributed by atoms with E-state index in [0.29, 0.717) is 40.0 Å². The summed E-state index contributed by atoms with van der Waals surface area (Å²) in [6, 6.07) is 7.40. The molecule has 5 atom stereocenters. The number of ether oxygens (including phenoxy) is 5. The zero-order chi connectivity index (χ0) is 42.5. The second-order valence-electron chi connectivity index (χ2n) is 15.2. The van der Waals surface area contributed by atoms with Crippen molar-refractivity contribution >= 4 is 35.5 Å². The molecule has 0 saturated carbocycles. The Balaban J connectivity index is 1.80. The van der Waals surface area contributed by atoms with E-state index in [9.17, 15) is 34.1 Å². The first-order valence-electron chi connectivity index (χ1n) is 18.8. The van der Waals surface area contributed by atoms with E-state index >= 15 is 0 Å². The molecule has 4 N–H and O–H groups in total. The molecule has 6 rings (SSSR count). The van der Waals surface area contributed by atoms with Crippen molar-refractivity contribution in [2.45, 2.75) is 90.1 Å². The number of carbonyl (C=O) groups is 5. The number of hydrogen-bond acceptors (Lipinski definition) is 12. The molecule has 3 heterocycles. The van der Waals surface area contributed by atoms with Crippen molar-refractivity contribution in [3.63, 3.8) is 0 Å². The van der Waals surface area contributed by atoms with Crippen LogP contribution in [0.4, 0.5) is 10.5 Å². The highest BCUT2D eigenvalue weighted by molar-refractivity contribution is 5.95. The smallest absolute Gasteiger partial charge is 0.408 e. The average Bonchev–Trinajstić information content (AvgIpc) is 3.17. The van der Waals surface area contributed by atoms with Crippen LogP contribution in [0.15, 0.2) is 48.5 Å². The number of nitro groups is 1. The fourth-order valence-electron chi connectivity index (χ4n) is 6.79. The maximum absolute atomic E-state index is 14.3. The van der Waals surface area contributed by atoms with Crippen molar-refractivity contribution < 1.29 is 52.6 Å². The lowest BCUT2D eigenvalue weighted by atomic mass is 9.94. The van der Waals surface area contributed by atoms with Crippen LogP contribution >= 0.6 is 0 Å². The van der Waals surface area contributed by atoms with Crippen LogP contribution in [0.3, 0.4) is 0 Å². The molecule has 58 heavy (non-hydrogen) atoms. The van der Waals surface area contributed by atoms with Gasteiger partial charge in [0.15, 0.2) is 11.5 Å². The van der Waals surface area contributed by atoms with Gasteiger partial charge in [0.2, 0.25) is 23.5 Å². The highest BCUT2D eigenvalue weighted by Gasteiger charge is 2.36. The number of hydrogen-bond donors (Lipinski definition) is 4. The van der Waals surface area contributed by atoms with Crippen molar-refractivity contribution in [1.82, 2.24) is 21.3 Å². The topological polar surface area (TPSA) is 223 Å². The summed E-state index contributed by atoms with van der Waals surface area (Å²) in [5.41, 5.74) is 0.772. The van der Waals surface area contributed by atoms with Gasteiger partial charge in [0, 0.05) is 36.5 Å². The van der Waals surface area contributed by atoms with Crippen molar-refractivity contribution in [3.05, 3.63) is 75.3 Å². The first kappa shape index (κ1) is 42.7. The Bertz CT molecular complexity index is 2100. The third kappa shape index (κ3) is 9.94. The van der Waals surface area contributed by atoms with E-state index in [0.717, 1.165) is 7.11 Å². The van der Waals surface area contributed by atoms with Gasteiger partial charge in [0.1, 0.15) is 35.5 Å². The molecule has 0 radical (unpaired) electrons. The standard InChI is InChI=1S/C41H49N5O12/c1-9-21(2)34-38(49)42-27-18-24-15-26(25-14-22(10-12-31(25)54-6)16-28(37(48)45-34)44-40(51)58-41(3,4)5)35(55-7)33(20-24)57-32-13-11-23(19-30(32)46(52)53)17-29(39(50)56-8)43-36(27)47/h10-15,19-21,27-29,34H,9,16-18H2,1-8H3,(H,42,49)(H,43,47)(H,44,51)(H,45,48)/t21-,27-,28?,29?,34-/m0/s1. The summed E-state index contributed by atoms with van der Waals surface area (Å²) in [7, 11) is 3.99. The maximum Gasteiger partial charge on any atom is 0.408 e. The van der Waals surface area contributed by atoms with E-state index in [2.05, 4.69) is 21.3 Å². The Hall–Kier alpha value is -6.39. The molecule has 0 fully saturated rings. The van der Waals surface area contributed by atoms with Gasteiger partial charge >= 0.3 is 17.7 Å². The number of nitrogens with zero attached hydrogens (tertiary/aromatic N) is 1. The lowest BCUT2D eigenvalue weighted by Crippen LogP contribution is -2.60. The first-order valence-corrected chi connectivity index (χ1v) is 18.8. The third-order valence-corrected chi connectivity index (χ3v) is 9.87. The second kappa shape index (κ2) is 17.8. The SMILES string of the molecule is CC[C@H](C)[C@@H]1NC(=O)C(NC(=O)OC(C)(C)C)Cc2ccc(OC)c(c2)-c2cc3cc(c2OC)Oc2ccc(cc2[N+](=O)[O-])CC(C(=O)OC)NC(=O)[C@H](C3)NC1=O. The molecular formula is C41H49N5O12. The quantitative estimate of drug-likeness (QED) is 0.149. The number of esters is 1. The number of benzene rings is 3. The van der Waals surface area contributed by atoms with Crippen molar-refractivity contribution in [2.75, 3.05) is 21.3 Å². The number of nitrogens with one attached hydrogen (secondary N) is 4. The van der Waals surface area contributed by atoms with Gasteiger partial charge in [0.25, 0.3) is 0 Å². The molecule has 17 nitrogen and oxygen atoms in total. The summed E-state index contributed by atoms with van der Waals surface area (Å²) in [6.45, 7) is 8.63. The fraction of sp³-hybridized carbons (Fsp3) is 0.439. The molecule has 310 valence electrons. The summed E-state index contributed by atoms with van der Waals surface area (Å²) in [4.78, 5) is 80.8. The molecule has 0 aromatic heterocycles. The Kier molecular flexibility index (Phi) is 13.1. The molecule has 8 bridgehead atoms. The van der Waals surface area contributed by atoms with E-state index in [4.69, 9.17) is 23.7 Å². The Labute approximate surface area is 335 Å². The second-order valence-corrected chi connectivity index (χ2v) is 15.2. The minimum absolute atomic E-state index is 0.0383. The minimum Gasteiger partial charge on any atom is -0.496 e. The first-order chi connectivity index (χ1) is 27.4. The zero-order valence-electron chi connectivity index (χ0n) is 33.7. The highest BCUT2D eigenvalue weighted by atomic mass is 16.6. The summed E-state index contributed by atoms with van der Waals surface area (Å²) in [5, 5.41) is 23.3. The van der Waals surface area contributed by atoms with E-state index in [-0.39, 0.29) is 36.5 Å². The molecule has 2 unspecified atom stereocenters. The van der Waals surface area contributed by atoms with Gasteiger partial charge in [-0.3, -0.25) is 24.5 Å². The van der Waals surface area contributed by atoms with E-state index < -0.39 is 76.1 Å². The molecule has 3 aromatic carbocycles. The molecular weight excluding hydrogens is 754 g/mol. The van der Waals surface area contributed by atoms with Crippen molar-refractivity contribution in [2.24, 2.45) is 5.92 Å². The van der Waals surface area contributed by atoms with Gasteiger partial charge in [-0.05, 0) is 73.7 Å². The summed E-state index contributed by atoms with van der Waals surface area (Å²) in [5.74, 6) is -3.06. The molecule has 4 amide bonds. The zero-order valence-corrected chi connectivity index (χ0v) is 33.7. The van der Waals surface area contributed by atoms with Gasteiger partial charge in [-0.25, -0.2) is 9.59 Å². The molecule has 17 heteroatoms. The maximum atomic E-state index is 14.3. The monoisotopic (exact) mass is 803 g/mol.